The third-order valence-electron chi connectivity index (χ3n) is 5.08. The molecule has 16 heteroatoms. The van der Waals surface area contributed by atoms with Crippen LogP contribution in [-0.4, -0.2) is 57.6 Å². The van der Waals surface area contributed by atoms with E-state index in [2.05, 4.69) is 20.1 Å². The minimum absolute atomic E-state index is 0.0322. The lowest BCUT2D eigenvalue weighted by Gasteiger charge is -2.25. The first kappa shape index (κ1) is 28.1. The summed E-state index contributed by atoms with van der Waals surface area (Å²) in [5, 5.41) is 16.8. The maximum absolute atomic E-state index is 13.6. The van der Waals surface area contributed by atoms with E-state index in [1.165, 1.54) is 31.3 Å². The molecule has 200 valence electrons. The minimum atomic E-state index is -4.26. The van der Waals surface area contributed by atoms with Crippen LogP contribution in [0, 0.1) is 0 Å². The summed E-state index contributed by atoms with van der Waals surface area (Å²) in [6, 6.07) is 7.08. The number of nitrogens with two attached hydrogens (primary N) is 1. The molecular formula is C21H28N7O8P. The number of anilines is 1. The molecular weight excluding hydrogens is 509 g/mol. The number of hydrogen-bond donors (Lipinski definition) is 3. The first-order chi connectivity index (χ1) is 17.5. The van der Waals surface area contributed by atoms with Crippen LogP contribution in [0.25, 0.3) is 10.4 Å². The van der Waals surface area contributed by atoms with Crippen molar-refractivity contribution in [3.05, 3.63) is 63.5 Å². The number of rotatable bonds is 11. The molecule has 2 aromatic rings. The molecule has 0 radical (unpaired) electrons. The number of aromatic nitrogens is 2. The van der Waals surface area contributed by atoms with Crippen LogP contribution in [0.4, 0.5) is 5.82 Å². The van der Waals surface area contributed by atoms with Gasteiger partial charge in [0.15, 0.2) is 0 Å². The van der Waals surface area contributed by atoms with E-state index in [9.17, 15) is 19.3 Å². The van der Waals surface area contributed by atoms with Crippen LogP contribution in [0.1, 0.15) is 27.0 Å². The molecule has 2 heterocycles. The number of carbonyl (C=O) groups excluding carboxylic acids is 1. The van der Waals surface area contributed by atoms with E-state index >= 15 is 0 Å². The first-order valence-electron chi connectivity index (χ1n) is 11.2. The molecule has 0 saturated carbocycles. The highest BCUT2D eigenvalue weighted by molar-refractivity contribution is 7.52. The van der Waals surface area contributed by atoms with E-state index in [-0.39, 0.29) is 11.6 Å². The van der Waals surface area contributed by atoms with Gasteiger partial charge in [0.25, 0.3) is 0 Å². The highest BCUT2D eigenvalue weighted by atomic mass is 31.2. The lowest BCUT2D eigenvalue weighted by molar-refractivity contribution is -0.149. The molecule has 1 aliphatic heterocycles. The second-order valence-electron chi connectivity index (χ2n) is 8.33. The van der Waals surface area contributed by atoms with Gasteiger partial charge in [-0.1, -0.05) is 23.3 Å². The summed E-state index contributed by atoms with van der Waals surface area (Å²) in [7, 11) is -4.26. The molecule has 0 aliphatic carbocycles. The number of nitrogens with one attached hydrogen (secondary N) is 1. The molecule has 0 unspecified atom stereocenters. The fourth-order valence-electron chi connectivity index (χ4n) is 3.41. The zero-order valence-electron chi connectivity index (χ0n) is 20.3. The Morgan fingerprint density at radius 2 is 2.05 bits per heavy atom. The van der Waals surface area contributed by atoms with Crippen LogP contribution in [0.2, 0.25) is 0 Å². The number of azide groups is 1. The van der Waals surface area contributed by atoms with Crippen molar-refractivity contribution >= 4 is 19.5 Å². The summed E-state index contributed by atoms with van der Waals surface area (Å²) in [5.74, 6) is -0.540. The number of carbonyl (C=O) groups is 1. The summed E-state index contributed by atoms with van der Waals surface area (Å²) >= 11 is 0. The fourth-order valence-corrected chi connectivity index (χ4v) is 4.91. The highest BCUT2D eigenvalue weighted by Crippen LogP contribution is 2.46. The Labute approximate surface area is 211 Å². The summed E-state index contributed by atoms with van der Waals surface area (Å²) in [5.41, 5.74) is 13.7. The van der Waals surface area contributed by atoms with Gasteiger partial charge < -0.3 is 24.8 Å². The highest BCUT2D eigenvalue weighted by Gasteiger charge is 2.46. The summed E-state index contributed by atoms with van der Waals surface area (Å²) < 4.78 is 36.6. The van der Waals surface area contributed by atoms with Crippen molar-refractivity contribution in [2.45, 2.75) is 57.4 Å². The van der Waals surface area contributed by atoms with Gasteiger partial charge in [0.05, 0.1) is 18.8 Å². The molecule has 4 N–H and O–H groups in total. The van der Waals surface area contributed by atoms with E-state index in [1.807, 2.05) is 0 Å². The Kier molecular flexibility index (Phi) is 9.27. The van der Waals surface area contributed by atoms with Gasteiger partial charge >= 0.3 is 19.4 Å². The maximum atomic E-state index is 13.6. The van der Waals surface area contributed by atoms with Crippen molar-refractivity contribution in [3.63, 3.8) is 0 Å². The van der Waals surface area contributed by atoms with Crippen LogP contribution in [0.5, 0.6) is 5.75 Å². The zero-order chi connectivity index (χ0) is 27.2. The molecule has 1 aromatic heterocycles. The van der Waals surface area contributed by atoms with Crippen molar-refractivity contribution in [1.29, 1.82) is 0 Å². The lowest BCUT2D eigenvalue weighted by Crippen LogP contribution is -2.38. The topological polar surface area (TPSA) is 213 Å². The van der Waals surface area contributed by atoms with Crippen molar-refractivity contribution in [2.24, 2.45) is 5.11 Å². The van der Waals surface area contributed by atoms with Crippen LogP contribution in [-0.2, 0) is 23.4 Å². The van der Waals surface area contributed by atoms with E-state index in [1.54, 1.807) is 32.0 Å². The fraction of sp³-hybridized carbons (Fsp3) is 0.476. The van der Waals surface area contributed by atoms with Gasteiger partial charge in [-0.25, -0.2) is 9.36 Å². The number of esters is 1. The third kappa shape index (κ3) is 7.29. The average Bonchev–Trinajstić information content (AvgIpc) is 3.13. The molecule has 0 bridgehead atoms. The number of aliphatic hydroxyl groups excluding tert-OH is 1. The zero-order valence-corrected chi connectivity index (χ0v) is 21.2. The number of nitrogens with zero attached hydrogens (tertiary/aromatic N) is 5. The summed E-state index contributed by atoms with van der Waals surface area (Å²) in [6.45, 7) is 4.22. The average molecular weight is 537 g/mol. The largest absolute Gasteiger partial charge is 0.462 e. The second-order valence-corrected chi connectivity index (χ2v) is 10.0. The summed E-state index contributed by atoms with van der Waals surface area (Å²) in [4.78, 5) is 30.9. The number of ether oxygens (including phenoxy) is 2. The second kappa shape index (κ2) is 12.2. The Balaban J connectivity index is 1.81. The van der Waals surface area contributed by atoms with Gasteiger partial charge in [-0.2, -0.15) is 10.1 Å². The SMILES string of the molecule is CC(C)OC(=O)[C@H](C)N[P@](=O)(OC[C@H]1O[C@@H](n2ccc(N)nc2=O)[C@H](N=[N+]=[N-])[C@@H]1O)Oc1ccccc1. The van der Waals surface area contributed by atoms with Gasteiger partial charge in [-0.15, -0.1) is 0 Å². The Morgan fingerprint density at radius 3 is 2.68 bits per heavy atom. The maximum Gasteiger partial charge on any atom is 0.459 e. The quantitative estimate of drug-likeness (QED) is 0.124. The smallest absolute Gasteiger partial charge is 0.459 e. The monoisotopic (exact) mass is 537 g/mol. The molecule has 1 aliphatic rings. The standard InChI is InChI=1S/C21H28N7O8P/c1-12(2)34-20(30)13(3)26-37(32,36-14-7-5-4-6-8-14)33-11-15-18(29)17(25-27-23)19(35-15)28-10-9-16(22)24-21(28)31/h4-10,12-13,15,17-19,29H,11H2,1-3H3,(H,26,32)(H2,22,24,31)/t13-,15+,17+,18+,19+,37-/m0/s1. The molecule has 0 spiro atoms. The van der Waals surface area contributed by atoms with Crippen molar-refractivity contribution < 1.29 is 33.0 Å². The van der Waals surface area contributed by atoms with Gasteiger partial charge in [-0.3, -0.25) is 13.9 Å². The third-order valence-corrected chi connectivity index (χ3v) is 6.73. The normalized spacial score (nSPS) is 23.6. The number of benzene rings is 1. The number of aliphatic hydroxyl groups is 1. The van der Waals surface area contributed by atoms with E-state index in [0.717, 1.165) is 4.57 Å². The molecule has 1 fully saturated rings. The predicted octanol–water partition coefficient (Wildman–Crippen LogP) is 1.90. The summed E-state index contributed by atoms with van der Waals surface area (Å²) in [6.07, 6.45) is -3.05. The van der Waals surface area contributed by atoms with Crippen molar-refractivity contribution in [3.8, 4) is 5.75 Å². The molecule has 1 aromatic carbocycles. The van der Waals surface area contributed by atoms with Crippen molar-refractivity contribution in [2.75, 3.05) is 12.3 Å². The number of para-hydroxylation sites is 1. The molecule has 15 nitrogen and oxygen atoms in total. The molecule has 3 rings (SSSR count). The molecule has 6 atom stereocenters. The van der Waals surface area contributed by atoms with Gasteiger partial charge in [0, 0.05) is 11.1 Å². The molecule has 1 saturated heterocycles. The number of hydrogen-bond acceptors (Lipinski definition) is 11. The van der Waals surface area contributed by atoms with Crippen molar-refractivity contribution in [1.82, 2.24) is 14.6 Å². The van der Waals surface area contributed by atoms with Crippen LogP contribution in [0.3, 0.4) is 0 Å². The van der Waals surface area contributed by atoms with Crippen LogP contribution >= 0.6 is 7.75 Å². The van der Waals surface area contributed by atoms with Gasteiger partial charge in [0.2, 0.25) is 0 Å². The molecule has 0 amide bonds. The minimum Gasteiger partial charge on any atom is -0.462 e. The Hall–Kier alpha value is -3.45. The van der Waals surface area contributed by atoms with Gasteiger partial charge in [-0.05, 0) is 44.5 Å². The van der Waals surface area contributed by atoms with Crippen LogP contribution < -0.4 is 21.0 Å². The molecule has 37 heavy (non-hydrogen) atoms. The van der Waals surface area contributed by atoms with E-state index in [0.29, 0.717) is 0 Å². The van der Waals surface area contributed by atoms with Gasteiger partial charge in [0.1, 0.15) is 36.0 Å². The van der Waals surface area contributed by atoms with E-state index < -0.39 is 62.6 Å². The Bertz CT molecular complexity index is 1240. The predicted molar refractivity (Wildman–Crippen MR) is 130 cm³/mol. The van der Waals surface area contributed by atoms with E-state index in [4.69, 9.17) is 29.8 Å². The first-order valence-corrected chi connectivity index (χ1v) is 12.8. The Morgan fingerprint density at radius 1 is 1.35 bits per heavy atom. The van der Waals surface area contributed by atoms with Crippen LogP contribution in [0.15, 0.2) is 52.5 Å². The lowest BCUT2D eigenvalue weighted by atomic mass is 10.1. The number of nitrogen functional groups attached to an aromatic ring is 1.